The van der Waals surface area contributed by atoms with Gasteiger partial charge in [-0.1, -0.05) is 30.3 Å². The molecule has 0 bridgehead atoms. The Hall–Kier alpha value is -3.12. The molecule has 0 spiro atoms. The fourth-order valence-electron chi connectivity index (χ4n) is 5.44. The van der Waals surface area contributed by atoms with Gasteiger partial charge in [-0.25, -0.2) is 0 Å². The molecule has 1 aromatic heterocycles. The number of carbonyl (C=O) groups excluding carboxylic acids is 2. The second-order valence-corrected chi connectivity index (χ2v) is 9.09. The number of rotatable bonds is 3. The number of piperidine rings is 1. The van der Waals surface area contributed by atoms with Gasteiger partial charge >= 0.3 is 0 Å². The Balaban J connectivity index is 1.41. The van der Waals surface area contributed by atoms with E-state index in [0.29, 0.717) is 18.5 Å². The van der Waals surface area contributed by atoms with E-state index < -0.39 is 11.6 Å². The molecule has 2 amide bonds. The van der Waals surface area contributed by atoms with E-state index in [0.717, 1.165) is 29.3 Å². The van der Waals surface area contributed by atoms with E-state index in [1.165, 1.54) is 31.0 Å². The molecule has 0 unspecified atom stereocenters. The summed E-state index contributed by atoms with van der Waals surface area (Å²) in [7, 11) is 0. The maximum atomic E-state index is 13.4. The average Bonchev–Trinajstić information content (AvgIpc) is 3.18. The van der Waals surface area contributed by atoms with Gasteiger partial charge in [0.2, 0.25) is 5.91 Å². The van der Waals surface area contributed by atoms with Crippen molar-refractivity contribution in [3.05, 3.63) is 70.9 Å². The molecule has 3 aromatic rings. The molecule has 0 saturated carbocycles. The summed E-state index contributed by atoms with van der Waals surface area (Å²) in [5.74, 6) is -0.281. The minimum atomic E-state index is -0.907. The van der Waals surface area contributed by atoms with Gasteiger partial charge in [0.1, 0.15) is 0 Å². The molecule has 6 nitrogen and oxygen atoms in total. The standard InChI is InChI=1S/C26H29N3O3/c1-17(30)28-26(19-7-3-2-4-8-19)13-14-29(16-24(26)31)25(32)18-11-12-23-21(15-18)20-9-5-6-10-22(20)27-23/h2-4,7-8,11-12,15,24,27,31H,5-6,9-10,13-14,16H2,1H3,(H,28,30)/t24-,26+/m1/s1. The van der Waals surface area contributed by atoms with E-state index in [2.05, 4.69) is 10.3 Å². The summed E-state index contributed by atoms with van der Waals surface area (Å²) in [6.45, 7) is 2.08. The monoisotopic (exact) mass is 431 g/mol. The third kappa shape index (κ3) is 3.48. The molecule has 1 aliphatic heterocycles. The van der Waals surface area contributed by atoms with Crippen LogP contribution in [0.15, 0.2) is 48.5 Å². The van der Waals surface area contributed by atoms with Gasteiger partial charge in [-0.15, -0.1) is 0 Å². The quantitative estimate of drug-likeness (QED) is 0.595. The zero-order valence-electron chi connectivity index (χ0n) is 18.4. The number of benzene rings is 2. The first-order chi connectivity index (χ1) is 15.5. The molecule has 166 valence electrons. The molecule has 2 aliphatic rings. The van der Waals surface area contributed by atoms with E-state index in [9.17, 15) is 14.7 Å². The summed E-state index contributed by atoms with van der Waals surface area (Å²) >= 11 is 0. The number of H-pyrrole nitrogens is 1. The number of β-amino-alcohol motifs (C(OH)–C–C–N with tert-alkyl or cyclic N) is 1. The van der Waals surface area contributed by atoms with Crippen molar-refractivity contribution in [3.63, 3.8) is 0 Å². The van der Waals surface area contributed by atoms with Crippen molar-refractivity contribution in [1.82, 2.24) is 15.2 Å². The Bertz CT molecular complexity index is 1170. The Morgan fingerprint density at radius 1 is 1.12 bits per heavy atom. The molecule has 0 radical (unpaired) electrons. The van der Waals surface area contributed by atoms with Crippen LogP contribution in [-0.4, -0.2) is 46.0 Å². The zero-order chi connectivity index (χ0) is 22.3. The Labute approximate surface area is 187 Å². The van der Waals surface area contributed by atoms with Crippen molar-refractivity contribution in [1.29, 1.82) is 0 Å². The van der Waals surface area contributed by atoms with Crippen LogP contribution in [0, 0.1) is 0 Å². The van der Waals surface area contributed by atoms with E-state index >= 15 is 0 Å². The first-order valence-electron chi connectivity index (χ1n) is 11.4. The lowest BCUT2D eigenvalue weighted by atomic mass is 9.78. The average molecular weight is 432 g/mol. The summed E-state index contributed by atoms with van der Waals surface area (Å²) < 4.78 is 0. The number of likely N-dealkylation sites (tertiary alicyclic amines) is 1. The molecule has 2 aromatic carbocycles. The van der Waals surface area contributed by atoms with Crippen molar-refractivity contribution in [2.75, 3.05) is 13.1 Å². The number of fused-ring (bicyclic) bond motifs is 3. The van der Waals surface area contributed by atoms with Crippen molar-refractivity contribution in [2.45, 2.75) is 50.7 Å². The van der Waals surface area contributed by atoms with Gasteiger partial charge in [-0.05, 0) is 61.4 Å². The van der Waals surface area contributed by atoms with Crippen LogP contribution in [0.2, 0.25) is 0 Å². The molecule has 32 heavy (non-hydrogen) atoms. The number of aryl methyl sites for hydroxylation is 2. The highest BCUT2D eigenvalue weighted by atomic mass is 16.3. The van der Waals surface area contributed by atoms with Gasteiger partial charge in [-0.3, -0.25) is 9.59 Å². The van der Waals surface area contributed by atoms with Crippen molar-refractivity contribution < 1.29 is 14.7 Å². The maximum Gasteiger partial charge on any atom is 0.253 e. The number of aromatic nitrogens is 1. The normalized spacial score (nSPS) is 23.1. The number of aromatic amines is 1. The largest absolute Gasteiger partial charge is 0.388 e. The Morgan fingerprint density at radius 2 is 1.91 bits per heavy atom. The molecule has 5 rings (SSSR count). The molecule has 2 heterocycles. The first-order valence-corrected chi connectivity index (χ1v) is 11.4. The van der Waals surface area contributed by atoms with Crippen LogP contribution in [-0.2, 0) is 23.2 Å². The van der Waals surface area contributed by atoms with E-state index in [1.807, 2.05) is 48.5 Å². The summed E-state index contributed by atoms with van der Waals surface area (Å²) in [5.41, 5.74) is 4.33. The molecule has 2 atom stereocenters. The lowest BCUT2D eigenvalue weighted by molar-refractivity contribution is -0.124. The smallest absolute Gasteiger partial charge is 0.253 e. The van der Waals surface area contributed by atoms with Crippen molar-refractivity contribution >= 4 is 22.7 Å². The predicted molar refractivity (Wildman–Crippen MR) is 123 cm³/mol. The summed E-state index contributed by atoms with van der Waals surface area (Å²) in [6.07, 6.45) is 4.04. The molecular weight excluding hydrogens is 402 g/mol. The van der Waals surface area contributed by atoms with Gasteiger partial charge < -0.3 is 20.3 Å². The Morgan fingerprint density at radius 3 is 2.66 bits per heavy atom. The third-order valence-corrected chi connectivity index (χ3v) is 7.06. The van der Waals surface area contributed by atoms with Crippen LogP contribution in [0.4, 0.5) is 0 Å². The van der Waals surface area contributed by atoms with Crippen molar-refractivity contribution in [2.24, 2.45) is 0 Å². The number of hydrogen-bond donors (Lipinski definition) is 3. The minimum absolute atomic E-state index is 0.0822. The highest BCUT2D eigenvalue weighted by molar-refractivity contribution is 5.99. The van der Waals surface area contributed by atoms with Crippen molar-refractivity contribution in [3.8, 4) is 0 Å². The first kappa shape index (κ1) is 20.8. The fourth-order valence-corrected chi connectivity index (χ4v) is 5.44. The maximum absolute atomic E-state index is 13.4. The lowest BCUT2D eigenvalue weighted by Gasteiger charge is -2.46. The minimum Gasteiger partial charge on any atom is -0.388 e. The second-order valence-electron chi connectivity index (χ2n) is 9.09. The number of nitrogens with zero attached hydrogens (tertiary/aromatic N) is 1. The fraction of sp³-hybridized carbons (Fsp3) is 0.385. The number of aliphatic hydroxyl groups is 1. The molecule has 6 heteroatoms. The van der Waals surface area contributed by atoms with E-state index in [1.54, 1.807) is 4.90 Å². The molecule has 1 aliphatic carbocycles. The third-order valence-electron chi connectivity index (χ3n) is 7.06. The second kappa shape index (κ2) is 8.10. The number of amides is 2. The van der Waals surface area contributed by atoms with Gasteiger partial charge in [0.05, 0.1) is 11.6 Å². The van der Waals surface area contributed by atoms with Crippen LogP contribution in [0.25, 0.3) is 10.9 Å². The predicted octanol–water partition coefficient (Wildman–Crippen LogP) is 3.29. The topological polar surface area (TPSA) is 85.4 Å². The van der Waals surface area contributed by atoms with Crippen LogP contribution < -0.4 is 5.32 Å². The van der Waals surface area contributed by atoms with Crippen LogP contribution in [0.5, 0.6) is 0 Å². The van der Waals surface area contributed by atoms with Gasteiger partial charge in [0.25, 0.3) is 5.91 Å². The van der Waals surface area contributed by atoms with Crippen LogP contribution >= 0.6 is 0 Å². The van der Waals surface area contributed by atoms with Gasteiger partial charge in [-0.2, -0.15) is 0 Å². The Kier molecular flexibility index (Phi) is 5.25. The molecule has 3 N–H and O–H groups in total. The van der Waals surface area contributed by atoms with E-state index in [4.69, 9.17) is 0 Å². The summed E-state index contributed by atoms with van der Waals surface area (Å²) in [4.78, 5) is 30.6. The number of nitrogens with one attached hydrogen (secondary N) is 2. The van der Waals surface area contributed by atoms with Crippen LogP contribution in [0.3, 0.4) is 0 Å². The van der Waals surface area contributed by atoms with Gasteiger partial charge in [0, 0.05) is 42.2 Å². The number of aliphatic hydroxyl groups excluding tert-OH is 1. The molecule has 1 fully saturated rings. The highest BCUT2D eigenvalue weighted by Crippen LogP contribution is 2.35. The summed E-state index contributed by atoms with van der Waals surface area (Å²) in [6, 6.07) is 15.4. The zero-order valence-corrected chi connectivity index (χ0v) is 18.4. The van der Waals surface area contributed by atoms with Gasteiger partial charge in [0.15, 0.2) is 0 Å². The summed E-state index contributed by atoms with van der Waals surface area (Å²) in [5, 5.41) is 15.3. The lowest BCUT2D eigenvalue weighted by Crippen LogP contribution is -2.62. The molecule has 1 saturated heterocycles. The van der Waals surface area contributed by atoms with Crippen LogP contribution in [0.1, 0.15) is 53.4 Å². The highest BCUT2D eigenvalue weighted by Gasteiger charge is 2.45. The van der Waals surface area contributed by atoms with E-state index in [-0.39, 0.29) is 18.4 Å². The SMILES string of the molecule is CC(=O)N[C@]1(c2ccccc2)CCN(C(=O)c2ccc3[nH]c4c(c3c2)CCCC4)C[C@H]1O. The molecular formula is C26H29N3O3. The number of hydrogen-bond acceptors (Lipinski definition) is 3. The number of carbonyl (C=O) groups is 2.